The molecule has 1 aromatic heterocycles. The van der Waals surface area contributed by atoms with Crippen molar-refractivity contribution in [1.29, 1.82) is 0 Å². The van der Waals surface area contributed by atoms with Gasteiger partial charge >= 0.3 is 0 Å². The molecule has 3 N–H and O–H groups in total. The highest BCUT2D eigenvalue weighted by molar-refractivity contribution is 5.91. The molecule has 0 aliphatic rings. The molecule has 124 valence electrons. The fraction of sp³-hybridized carbons (Fsp3) is 0.412. The smallest absolute Gasteiger partial charge is 0.273 e. The fourth-order valence-corrected chi connectivity index (χ4v) is 2.29. The first kappa shape index (κ1) is 17.0. The number of benzene rings is 1. The van der Waals surface area contributed by atoms with E-state index in [0.29, 0.717) is 18.4 Å². The van der Waals surface area contributed by atoms with Crippen molar-refractivity contribution in [3.8, 4) is 5.75 Å². The minimum Gasteiger partial charge on any atom is -0.496 e. The van der Waals surface area contributed by atoms with Crippen LogP contribution in [-0.2, 0) is 6.54 Å². The summed E-state index contributed by atoms with van der Waals surface area (Å²) in [4.78, 5) is 16.3. The van der Waals surface area contributed by atoms with Crippen LogP contribution in [0, 0.1) is 5.92 Å². The summed E-state index contributed by atoms with van der Waals surface area (Å²) in [5.41, 5.74) is 7.13. The summed E-state index contributed by atoms with van der Waals surface area (Å²) in [6.07, 6.45) is 2.09. The Morgan fingerprint density at radius 2 is 2.13 bits per heavy atom. The van der Waals surface area contributed by atoms with E-state index in [9.17, 15) is 4.79 Å². The lowest BCUT2D eigenvalue weighted by molar-refractivity contribution is 0.0945. The van der Waals surface area contributed by atoms with E-state index in [2.05, 4.69) is 24.1 Å². The summed E-state index contributed by atoms with van der Waals surface area (Å²) in [6, 6.07) is 7.21. The van der Waals surface area contributed by atoms with Crippen molar-refractivity contribution in [2.24, 2.45) is 11.7 Å². The molecule has 0 aliphatic carbocycles. The second kappa shape index (κ2) is 7.78. The van der Waals surface area contributed by atoms with Crippen LogP contribution in [0.4, 0.5) is 0 Å². The number of methoxy groups -OCH3 is 1. The second-order valence-corrected chi connectivity index (χ2v) is 5.80. The van der Waals surface area contributed by atoms with Crippen LogP contribution in [0.1, 0.15) is 48.3 Å². The quantitative estimate of drug-likeness (QED) is 0.819. The first-order valence-corrected chi connectivity index (χ1v) is 7.62. The third-order valence-electron chi connectivity index (χ3n) is 3.43. The van der Waals surface area contributed by atoms with Gasteiger partial charge in [-0.1, -0.05) is 32.0 Å². The molecular formula is C17H23N3O3. The highest BCUT2D eigenvalue weighted by atomic mass is 16.5. The maximum Gasteiger partial charge on any atom is 0.273 e. The number of hydrogen-bond donors (Lipinski definition) is 2. The van der Waals surface area contributed by atoms with Crippen molar-refractivity contribution in [3.05, 3.63) is 47.7 Å². The highest BCUT2D eigenvalue weighted by Gasteiger charge is 2.18. The highest BCUT2D eigenvalue weighted by Crippen LogP contribution is 2.19. The SMILES string of the molecule is COc1ccccc1CNC(=O)c1coc(C(N)CC(C)C)n1. The molecule has 0 bridgehead atoms. The molecule has 1 heterocycles. The molecule has 0 saturated heterocycles. The van der Waals surface area contributed by atoms with Gasteiger partial charge in [-0.2, -0.15) is 0 Å². The molecule has 0 aliphatic heterocycles. The summed E-state index contributed by atoms with van der Waals surface area (Å²) in [7, 11) is 1.60. The topological polar surface area (TPSA) is 90.4 Å². The predicted molar refractivity (Wildman–Crippen MR) is 87.1 cm³/mol. The molecule has 0 fully saturated rings. The second-order valence-electron chi connectivity index (χ2n) is 5.80. The van der Waals surface area contributed by atoms with E-state index in [0.717, 1.165) is 17.7 Å². The van der Waals surface area contributed by atoms with Crippen LogP contribution in [0.3, 0.4) is 0 Å². The van der Waals surface area contributed by atoms with Gasteiger partial charge in [0.1, 0.15) is 12.0 Å². The van der Waals surface area contributed by atoms with E-state index in [1.165, 1.54) is 6.26 Å². The van der Waals surface area contributed by atoms with Crippen molar-refractivity contribution in [3.63, 3.8) is 0 Å². The molecule has 1 aromatic carbocycles. The molecular weight excluding hydrogens is 294 g/mol. The van der Waals surface area contributed by atoms with E-state index in [-0.39, 0.29) is 17.6 Å². The third kappa shape index (κ3) is 4.56. The maximum absolute atomic E-state index is 12.2. The minimum atomic E-state index is -0.303. The number of ether oxygens (including phenoxy) is 1. The summed E-state index contributed by atoms with van der Waals surface area (Å²) >= 11 is 0. The average Bonchev–Trinajstić information content (AvgIpc) is 3.02. The molecule has 6 heteroatoms. The largest absolute Gasteiger partial charge is 0.496 e. The molecule has 0 saturated carbocycles. The van der Waals surface area contributed by atoms with Gasteiger partial charge in [0.25, 0.3) is 5.91 Å². The van der Waals surface area contributed by atoms with Gasteiger partial charge in [0, 0.05) is 12.1 Å². The molecule has 1 atom stereocenters. The van der Waals surface area contributed by atoms with Crippen molar-refractivity contribution in [2.75, 3.05) is 7.11 Å². The summed E-state index contributed by atoms with van der Waals surface area (Å²) in [5.74, 6) is 1.25. The standard InChI is InChI=1S/C17H23N3O3/c1-11(2)8-13(18)17-20-14(10-23-17)16(21)19-9-12-6-4-5-7-15(12)22-3/h4-7,10-11,13H,8-9,18H2,1-3H3,(H,19,21). The Hall–Kier alpha value is -2.34. The van der Waals surface area contributed by atoms with E-state index in [1.54, 1.807) is 7.11 Å². The van der Waals surface area contributed by atoms with Crippen LogP contribution in [0.15, 0.2) is 34.9 Å². The Bertz CT molecular complexity index is 652. The van der Waals surface area contributed by atoms with Gasteiger partial charge in [0.05, 0.1) is 13.2 Å². The molecule has 0 radical (unpaired) electrons. The van der Waals surface area contributed by atoms with Gasteiger partial charge in [-0.05, 0) is 18.4 Å². The van der Waals surface area contributed by atoms with Crippen molar-refractivity contribution in [1.82, 2.24) is 10.3 Å². The lowest BCUT2D eigenvalue weighted by Gasteiger charge is -2.09. The Morgan fingerprint density at radius 3 is 2.83 bits per heavy atom. The zero-order chi connectivity index (χ0) is 16.8. The number of carbonyl (C=O) groups is 1. The van der Waals surface area contributed by atoms with Crippen LogP contribution in [0.5, 0.6) is 5.75 Å². The van der Waals surface area contributed by atoms with Gasteiger partial charge in [-0.3, -0.25) is 4.79 Å². The van der Waals surface area contributed by atoms with Gasteiger partial charge in [-0.15, -0.1) is 0 Å². The van der Waals surface area contributed by atoms with Crippen LogP contribution < -0.4 is 15.8 Å². The number of nitrogens with zero attached hydrogens (tertiary/aromatic N) is 1. The third-order valence-corrected chi connectivity index (χ3v) is 3.43. The Morgan fingerprint density at radius 1 is 1.39 bits per heavy atom. The van der Waals surface area contributed by atoms with Crippen molar-refractivity contribution in [2.45, 2.75) is 32.9 Å². The number of nitrogens with one attached hydrogen (secondary N) is 1. The van der Waals surface area contributed by atoms with Crippen molar-refractivity contribution >= 4 is 5.91 Å². The van der Waals surface area contributed by atoms with E-state index >= 15 is 0 Å². The van der Waals surface area contributed by atoms with E-state index in [1.807, 2.05) is 24.3 Å². The van der Waals surface area contributed by atoms with Crippen LogP contribution in [-0.4, -0.2) is 18.0 Å². The minimum absolute atomic E-state index is 0.231. The van der Waals surface area contributed by atoms with Crippen LogP contribution in [0.25, 0.3) is 0 Å². The number of oxazole rings is 1. The number of amides is 1. The molecule has 23 heavy (non-hydrogen) atoms. The van der Waals surface area contributed by atoms with Gasteiger partial charge in [-0.25, -0.2) is 4.98 Å². The number of hydrogen-bond acceptors (Lipinski definition) is 5. The van der Waals surface area contributed by atoms with E-state index in [4.69, 9.17) is 14.9 Å². The monoisotopic (exact) mass is 317 g/mol. The number of carbonyl (C=O) groups excluding carboxylic acids is 1. The Labute approximate surface area is 136 Å². The van der Waals surface area contributed by atoms with E-state index < -0.39 is 0 Å². The van der Waals surface area contributed by atoms with Gasteiger partial charge in [0.15, 0.2) is 5.69 Å². The normalized spacial score (nSPS) is 12.2. The van der Waals surface area contributed by atoms with Gasteiger partial charge in [0.2, 0.25) is 5.89 Å². The number of para-hydroxylation sites is 1. The van der Waals surface area contributed by atoms with Crippen LogP contribution >= 0.6 is 0 Å². The lowest BCUT2D eigenvalue weighted by Crippen LogP contribution is -2.23. The maximum atomic E-state index is 12.2. The first-order valence-electron chi connectivity index (χ1n) is 7.62. The fourth-order valence-electron chi connectivity index (χ4n) is 2.29. The molecule has 2 aromatic rings. The summed E-state index contributed by atoms with van der Waals surface area (Å²) in [6.45, 7) is 4.50. The lowest BCUT2D eigenvalue weighted by atomic mass is 10.0. The van der Waals surface area contributed by atoms with Crippen LogP contribution in [0.2, 0.25) is 0 Å². The molecule has 2 rings (SSSR count). The van der Waals surface area contributed by atoms with Crippen molar-refractivity contribution < 1.29 is 13.9 Å². The Kier molecular flexibility index (Phi) is 5.76. The zero-order valence-electron chi connectivity index (χ0n) is 13.7. The molecule has 0 spiro atoms. The molecule has 6 nitrogen and oxygen atoms in total. The van der Waals surface area contributed by atoms with Gasteiger partial charge < -0.3 is 20.2 Å². The first-order chi connectivity index (χ1) is 11.0. The Balaban J connectivity index is 1.97. The zero-order valence-corrected chi connectivity index (χ0v) is 13.7. The number of nitrogens with two attached hydrogens (primary N) is 1. The summed E-state index contributed by atoms with van der Waals surface area (Å²) in [5, 5.41) is 2.80. The predicted octanol–water partition coefficient (Wildman–Crippen LogP) is 2.66. The molecule has 1 unspecified atom stereocenters. The average molecular weight is 317 g/mol. The number of rotatable bonds is 7. The molecule has 1 amide bonds. The summed E-state index contributed by atoms with van der Waals surface area (Å²) < 4.78 is 10.6. The number of aromatic nitrogens is 1.